The fraction of sp³-hybridized carbons (Fsp3) is 0.143. The molecule has 6 heteroatoms. The molecule has 0 unspecified atom stereocenters. The first kappa shape index (κ1) is 15.2. The molecule has 2 aromatic carbocycles. The maximum absolute atomic E-state index is 12.0. The first-order valence-electron chi connectivity index (χ1n) is 5.79. The molecule has 0 saturated heterocycles. The molecule has 0 saturated carbocycles. The molecule has 0 aliphatic heterocycles. The standard InChI is InChI=1S/C14H12Cl2O3S/c1-10-4-2-3-5-14(10)19-20(17,18)9-11-6-7-12(15)13(16)8-11/h2-8H,9H2,1H3. The molecule has 0 radical (unpaired) electrons. The smallest absolute Gasteiger partial charge is 0.313 e. The Morgan fingerprint density at radius 3 is 2.40 bits per heavy atom. The number of hydrogen-bond acceptors (Lipinski definition) is 3. The SMILES string of the molecule is Cc1ccccc1OS(=O)(=O)Cc1ccc(Cl)c(Cl)c1. The number of hydrogen-bond donors (Lipinski definition) is 0. The van der Waals surface area contributed by atoms with Crippen molar-refractivity contribution in [2.75, 3.05) is 0 Å². The first-order chi connectivity index (χ1) is 9.37. The van der Waals surface area contributed by atoms with Crippen LogP contribution in [-0.4, -0.2) is 8.42 Å². The topological polar surface area (TPSA) is 43.4 Å². The van der Waals surface area contributed by atoms with E-state index in [0.717, 1.165) is 5.56 Å². The van der Waals surface area contributed by atoms with E-state index in [1.54, 1.807) is 37.3 Å². The van der Waals surface area contributed by atoms with Crippen LogP contribution in [0.2, 0.25) is 10.0 Å². The quantitative estimate of drug-likeness (QED) is 0.788. The van der Waals surface area contributed by atoms with Crippen molar-refractivity contribution < 1.29 is 12.6 Å². The van der Waals surface area contributed by atoms with E-state index in [0.29, 0.717) is 21.4 Å². The van der Waals surface area contributed by atoms with E-state index < -0.39 is 10.1 Å². The second-order valence-electron chi connectivity index (χ2n) is 4.30. The second-order valence-corrected chi connectivity index (χ2v) is 6.68. The highest BCUT2D eigenvalue weighted by molar-refractivity contribution is 7.86. The van der Waals surface area contributed by atoms with E-state index in [2.05, 4.69) is 0 Å². The van der Waals surface area contributed by atoms with Gasteiger partial charge in [0.15, 0.2) is 0 Å². The summed E-state index contributed by atoms with van der Waals surface area (Å²) in [6, 6.07) is 11.6. The minimum Gasteiger partial charge on any atom is -0.382 e. The summed E-state index contributed by atoms with van der Waals surface area (Å²) in [5.41, 5.74) is 1.28. The van der Waals surface area contributed by atoms with Gasteiger partial charge in [0.1, 0.15) is 11.5 Å². The maximum Gasteiger partial charge on any atom is 0.313 e. The molecule has 0 amide bonds. The Hall–Kier alpha value is -1.23. The van der Waals surface area contributed by atoms with Gasteiger partial charge in [0.25, 0.3) is 0 Å². The zero-order valence-electron chi connectivity index (χ0n) is 10.6. The third-order valence-electron chi connectivity index (χ3n) is 2.64. The predicted molar refractivity (Wildman–Crippen MR) is 80.9 cm³/mol. The monoisotopic (exact) mass is 330 g/mol. The summed E-state index contributed by atoms with van der Waals surface area (Å²) in [5.74, 6) is 0.0608. The van der Waals surface area contributed by atoms with Crippen LogP contribution < -0.4 is 4.18 Å². The molecule has 20 heavy (non-hydrogen) atoms. The minimum absolute atomic E-state index is 0.266. The van der Waals surface area contributed by atoms with Crippen LogP contribution in [0.1, 0.15) is 11.1 Å². The maximum atomic E-state index is 12.0. The predicted octanol–water partition coefficient (Wildman–Crippen LogP) is 4.21. The zero-order chi connectivity index (χ0) is 14.8. The van der Waals surface area contributed by atoms with Gasteiger partial charge in [-0.15, -0.1) is 0 Å². The molecule has 0 spiro atoms. The second kappa shape index (κ2) is 6.04. The van der Waals surface area contributed by atoms with Crippen molar-refractivity contribution in [2.24, 2.45) is 0 Å². The van der Waals surface area contributed by atoms with Gasteiger partial charge in [-0.25, -0.2) is 0 Å². The minimum atomic E-state index is -3.74. The van der Waals surface area contributed by atoms with Crippen LogP contribution in [0.15, 0.2) is 42.5 Å². The lowest BCUT2D eigenvalue weighted by Gasteiger charge is -2.09. The van der Waals surface area contributed by atoms with Gasteiger partial charge in [-0.1, -0.05) is 47.5 Å². The van der Waals surface area contributed by atoms with Crippen LogP contribution in [0.5, 0.6) is 5.75 Å². The summed E-state index contributed by atoms with van der Waals surface area (Å²) < 4.78 is 29.1. The molecular weight excluding hydrogens is 319 g/mol. The van der Waals surface area contributed by atoms with Crippen LogP contribution in [-0.2, 0) is 15.9 Å². The molecule has 0 atom stereocenters. The Morgan fingerprint density at radius 1 is 1.05 bits per heavy atom. The molecule has 106 valence electrons. The van der Waals surface area contributed by atoms with Gasteiger partial charge in [-0.2, -0.15) is 8.42 Å². The fourth-order valence-electron chi connectivity index (χ4n) is 1.65. The summed E-state index contributed by atoms with van der Waals surface area (Å²) in [5, 5.41) is 0.697. The lowest BCUT2D eigenvalue weighted by Crippen LogP contribution is -2.12. The Bertz CT molecular complexity index is 727. The normalized spacial score (nSPS) is 11.3. The average Bonchev–Trinajstić information content (AvgIpc) is 2.36. The average molecular weight is 331 g/mol. The van der Waals surface area contributed by atoms with Gasteiger partial charge in [-0.05, 0) is 36.2 Å². The van der Waals surface area contributed by atoms with Gasteiger partial charge >= 0.3 is 10.1 Å². The van der Waals surface area contributed by atoms with Crippen LogP contribution in [0.25, 0.3) is 0 Å². The summed E-state index contributed by atoms with van der Waals surface area (Å²) in [7, 11) is -3.74. The zero-order valence-corrected chi connectivity index (χ0v) is 13.0. The molecule has 0 aliphatic rings. The summed E-state index contributed by atoms with van der Waals surface area (Å²) in [4.78, 5) is 0. The highest BCUT2D eigenvalue weighted by Crippen LogP contribution is 2.25. The molecule has 2 aromatic rings. The van der Waals surface area contributed by atoms with Crippen molar-refractivity contribution in [2.45, 2.75) is 12.7 Å². The first-order valence-corrected chi connectivity index (χ1v) is 8.12. The van der Waals surface area contributed by atoms with Crippen LogP contribution >= 0.6 is 23.2 Å². The summed E-state index contributed by atoms with van der Waals surface area (Å²) in [6.45, 7) is 1.78. The van der Waals surface area contributed by atoms with Crippen molar-refractivity contribution in [1.82, 2.24) is 0 Å². The van der Waals surface area contributed by atoms with Crippen LogP contribution in [0.3, 0.4) is 0 Å². The van der Waals surface area contributed by atoms with Crippen molar-refractivity contribution in [3.63, 3.8) is 0 Å². The highest BCUT2D eigenvalue weighted by Gasteiger charge is 2.16. The number of aryl methyl sites for hydroxylation is 1. The van der Waals surface area contributed by atoms with E-state index in [9.17, 15) is 8.42 Å². The van der Waals surface area contributed by atoms with Gasteiger partial charge < -0.3 is 4.18 Å². The van der Waals surface area contributed by atoms with Crippen molar-refractivity contribution in [3.05, 3.63) is 63.6 Å². The van der Waals surface area contributed by atoms with Crippen molar-refractivity contribution >= 4 is 33.3 Å². The van der Waals surface area contributed by atoms with Gasteiger partial charge in [0.05, 0.1) is 10.0 Å². The fourth-order valence-corrected chi connectivity index (χ4v) is 3.08. The lowest BCUT2D eigenvalue weighted by molar-refractivity contribution is 0.483. The molecule has 0 fully saturated rings. The number of rotatable bonds is 4. The third-order valence-corrected chi connectivity index (χ3v) is 4.50. The lowest BCUT2D eigenvalue weighted by atomic mass is 10.2. The molecular formula is C14H12Cl2O3S. The van der Waals surface area contributed by atoms with Crippen LogP contribution in [0.4, 0.5) is 0 Å². The van der Waals surface area contributed by atoms with Crippen molar-refractivity contribution in [1.29, 1.82) is 0 Å². The molecule has 0 aliphatic carbocycles. The molecule has 0 heterocycles. The van der Waals surface area contributed by atoms with E-state index in [-0.39, 0.29) is 5.75 Å². The van der Waals surface area contributed by atoms with E-state index in [1.165, 1.54) is 6.07 Å². The third kappa shape index (κ3) is 3.88. The summed E-state index contributed by atoms with van der Waals surface area (Å²) in [6.07, 6.45) is 0. The molecule has 2 rings (SSSR count). The Morgan fingerprint density at radius 2 is 1.75 bits per heavy atom. The number of para-hydroxylation sites is 1. The van der Waals surface area contributed by atoms with E-state index in [1.807, 2.05) is 6.07 Å². The largest absolute Gasteiger partial charge is 0.382 e. The Balaban J connectivity index is 2.19. The number of benzene rings is 2. The molecule has 3 nitrogen and oxygen atoms in total. The highest BCUT2D eigenvalue weighted by atomic mass is 35.5. The summed E-state index contributed by atoms with van der Waals surface area (Å²) >= 11 is 11.7. The Kier molecular flexibility index (Phi) is 4.58. The van der Waals surface area contributed by atoms with E-state index in [4.69, 9.17) is 27.4 Å². The number of halogens is 2. The van der Waals surface area contributed by atoms with Gasteiger partial charge in [0, 0.05) is 0 Å². The van der Waals surface area contributed by atoms with Gasteiger partial charge in [0.2, 0.25) is 0 Å². The molecule has 0 aromatic heterocycles. The Labute approximate surface area is 128 Å². The van der Waals surface area contributed by atoms with Crippen molar-refractivity contribution in [3.8, 4) is 5.75 Å². The van der Waals surface area contributed by atoms with Crippen LogP contribution in [0, 0.1) is 6.92 Å². The van der Waals surface area contributed by atoms with Gasteiger partial charge in [-0.3, -0.25) is 0 Å². The molecule has 0 bridgehead atoms. The molecule has 0 N–H and O–H groups in total. The van der Waals surface area contributed by atoms with E-state index >= 15 is 0 Å².